The molecule has 2 bridgehead atoms. The SMILES string of the molecule is O=C(NCc1ccccc1)[C@@H]1C[C@@H]2C=C[C@H]1CC2. The average molecular weight is 241 g/mol. The predicted octanol–water partition coefficient (Wildman–Crippen LogP) is 2.91. The molecule has 4 rings (SSSR count). The van der Waals surface area contributed by atoms with Crippen LogP contribution in [0.4, 0.5) is 0 Å². The molecule has 2 heteroatoms. The van der Waals surface area contributed by atoms with Crippen LogP contribution >= 0.6 is 0 Å². The zero-order valence-corrected chi connectivity index (χ0v) is 10.5. The number of amides is 1. The van der Waals surface area contributed by atoms with Gasteiger partial charge in [0.2, 0.25) is 5.91 Å². The van der Waals surface area contributed by atoms with Crippen molar-refractivity contribution >= 4 is 5.91 Å². The van der Waals surface area contributed by atoms with E-state index in [1.807, 2.05) is 30.3 Å². The van der Waals surface area contributed by atoms with E-state index in [0.717, 1.165) is 6.42 Å². The van der Waals surface area contributed by atoms with Crippen LogP contribution in [0.2, 0.25) is 0 Å². The number of allylic oxidation sites excluding steroid dienone is 2. The van der Waals surface area contributed by atoms with Gasteiger partial charge in [0.15, 0.2) is 0 Å². The number of hydrogen-bond donors (Lipinski definition) is 1. The highest BCUT2D eigenvalue weighted by atomic mass is 16.1. The quantitative estimate of drug-likeness (QED) is 0.810. The third-order valence-electron chi connectivity index (χ3n) is 4.22. The number of carbonyl (C=O) groups is 1. The Bertz CT molecular complexity index is 451. The molecule has 0 aromatic heterocycles. The largest absolute Gasteiger partial charge is 0.352 e. The fourth-order valence-corrected chi connectivity index (χ4v) is 3.15. The van der Waals surface area contributed by atoms with Crippen LogP contribution in [0.3, 0.4) is 0 Å². The Balaban J connectivity index is 1.58. The summed E-state index contributed by atoms with van der Waals surface area (Å²) in [7, 11) is 0. The molecule has 3 aliphatic carbocycles. The minimum atomic E-state index is 0.206. The lowest BCUT2D eigenvalue weighted by Gasteiger charge is -2.37. The number of carbonyl (C=O) groups excluding carboxylic acids is 1. The molecule has 0 aliphatic heterocycles. The Labute approximate surface area is 108 Å². The highest BCUT2D eigenvalue weighted by Gasteiger charge is 2.35. The molecule has 1 N–H and O–H groups in total. The molecule has 3 atom stereocenters. The van der Waals surface area contributed by atoms with Gasteiger partial charge in [-0.1, -0.05) is 42.5 Å². The van der Waals surface area contributed by atoms with Crippen LogP contribution in [-0.4, -0.2) is 5.91 Å². The zero-order valence-electron chi connectivity index (χ0n) is 10.5. The summed E-state index contributed by atoms with van der Waals surface area (Å²) >= 11 is 0. The molecule has 1 aromatic carbocycles. The van der Waals surface area contributed by atoms with E-state index in [1.165, 1.54) is 18.4 Å². The number of benzene rings is 1. The van der Waals surface area contributed by atoms with Crippen molar-refractivity contribution in [2.45, 2.75) is 25.8 Å². The van der Waals surface area contributed by atoms with E-state index in [0.29, 0.717) is 18.4 Å². The molecule has 1 aromatic rings. The Hall–Kier alpha value is -1.57. The monoisotopic (exact) mass is 241 g/mol. The van der Waals surface area contributed by atoms with Crippen molar-refractivity contribution in [1.82, 2.24) is 5.32 Å². The zero-order chi connectivity index (χ0) is 12.4. The minimum absolute atomic E-state index is 0.206. The lowest BCUT2D eigenvalue weighted by atomic mass is 9.69. The van der Waals surface area contributed by atoms with Crippen molar-refractivity contribution in [3.8, 4) is 0 Å². The van der Waals surface area contributed by atoms with Gasteiger partial charge in [-0.3, -0.25) is 4.79 Å². The van der Waals surface area contributed by atoms with Gasteiger partial charge in [0.25, 0.3) is 0 Å². The highest BCUT2D eigenvalue weighted by Crippen LogP contribution is 2.40. The van der Waals surface area contributed by atoms with Crippen LogP contribution in [0.1, 0.15) is 24.8 Å². The summed E-state index contributed by atoms with van der Waals surface area (Å²) in [5.74, 6) is 1.56. The van der Waals surface area contributed by atoms with E-state index in [4.69, 9.17) is 0 Å². The van der Waals surface area contributed by atoms with E-state index in [-0.39, 0.29) is 11.8 Å². The maximum atomic E-state index is 12.2. The molecule has 1 amide bonds. The van der Waals surface area contributed by atoms with E-state index >= 15 is 0 Å². The number of rotatable bonds is 3. The molecule has 3 aliphatic rings. The van der Waals surface area contributed by atoms with Crippen molar-refractivity contribution in [3.05, 3.63) is 48.0 Å². The normalized spacial score (nSPS) is 29.2. The van der Waals surface area contributed by atoms with Crippen molar-refractivity contribution in [1.29, 1.82) is 0 Å². The average Bonchev–Trinajstić information content (AvgIpc) is 2.47. The van der Waals surface area contributed by atoms with Gasteiger partial charge < -0.3 is 5.32 Å². The van der Waals surface area contributed by atoms with Gasteiger partial charge in [0, 0.05) is 12.5 Å². The maximum absolute atomic E-state index is 12.2. The molecule has 0 saturated heterocycles. The third-order valence-corrected chi connectivity index (χ3v) is 4.22. The molecular formula is C16H19NO. The van der Waals surface area contributed by atoms with Gasteiger partial charge in [-0.15, -0.1) is 0 Å². The fourth-order valence-electron chi connectivity index (χ4n) is 3.15. The summed E-state index contributed by atoms with van der Waals surface area (Å²) in [5, 5.41) is 3.08. The summed E-state index contributed by atoms with van der Waals surface area (Å²) in [6.45, 7) is 0.650. The second kappa shape index (κ2) is 4.97. The van der Waals surface area contributed by atoms with Crippen molar-refractivity contribution in [2.24, 2.45) is 17.8 Å². The molecule has 0 spiro atoms. The molecule has 0 unspecified atom stereocenters. The second-order valence-electron chi connectivity index (χ2n) is 5.43. The molecule has 94 valence electrons. The summed E-state index contributed by atoms with van der Waals surface area (Å²) in [5.41, 5.74) is 1.17. The van der Waals surface area contributed by atoms with Gasteiger partial charge in [0.05, 0.1) is 0 Å². The Morgan fingerprint density at radius 2 is 2.00 bits per heavy atom. The fraction of sp³-hybridized carbons (Fsp3) is 0.438. The van der Waals surface area contributed by atoms with Crippen LogP contribution in [0.5, 0.6) is 0 Å². The lowest BCUT2D eigenvalue weighted by molar-refractivity contribution is -0.128. The van der Waals surface area contributed by atoms with Crippen LogP contribution in [-0.2, 0) is 11.3 Å². The molecular weight excluding hydrogens is 222 g/mol. The molecule has 0 heterocycles. The third kappa shape index (κ3) is 2.33. The van der Waals surface area contributed by atoms with Gasteiger partial charge in [-0.25, -0.2) is 0 Å². The number of hydrogen-bond acceptors (Lipinski definition) is 1. The first-order valence-corrected chi connectivity index (χ1v) is 6.83. The van der Waals surface area contributed by atoms with Crippen LogP contribution in [0, 0.1) is 17.8 Å². The van der Waals surface area contributed by atoms with Gasteiger partial charge in [-0.2, -0.15) is 0 Å². The number of nitrogens with one attached hydrogen (secondary N) is 1. The molecule has 1 fully saturated rings. The second-order valence-corrected chi connectivity index (χ2v) is 5.43. The summed E-state index contributed by atoms with van der Waals surface area (Å²) in [6, 6.07) is 10.1. The first kappa shape index (κ1) is 11.5. The first-order chi connectivity index (χ1) is 8.83. The van der Waals surface area contributed by atoms with Crippen LogP contribution in [0.15, 0.2) is 42.5 Å². The Kier molecular flexibility index (Phi) is 3.18. The summed E-state index contributed by atoms with van der Waals surface area (Å²) in [4.78, 5) is 12.2. The smallest absolute Gasteiger partial charge is 0.223 e. The first-order valence-electron chi connectivity index (χ1n) is 6.83. The molecule has 2 nitrogen and oxygen atoms in total. The van der Waals surface area contributed by atoms with Crippen molar-refractivity contribution < 1.29 is 4.79 Å². The van der Waals surface area contributed by atoms with Crippen LogP contribution in [0.25, 0.3) is 0 Å². The number of fused-ring (bicyclic) bond motifs is 2. The standard InChI is InChI=1S/C16H19NO/c18-16(17-11-13-4-2-1-3-5-13)15-10-12-6-8-14(15)9-7-12/h1-6,8,12,14-15H,7,9-11H2,(H,17,18)/t12-,14+,15-/m1/s1. The molecule has 1 saturated carbocycles. The van der Waals surface area contributed by atoms with E-state index in [1.54, 1.807) is 0 Å². The van der Waals surface area contributed by atoms with Crippen LogP contribution < -0.4 is 5.32 Å². The minimum Gasteiger partial charge on any atom is -0.352 e. The van der Waals surface area contributed by atoms with Gasteiger partial charge in [-0.05, 0) is 36.7 Å². The molecule has 18 heavy (non-hydrogen) atoms. The van der Waals surface area contributed by atoms with E-state index in [2.05, 4.69) is 17.5 Å². The van der Waals surface area contributed by atoms with Gasteiger partial charge >= 0.3 is 0 Å². The summed E-state index contributed by atoms with van der Waals surface area (Å²) in [6.07, 6.45) is 8.05. The lowest BCUT2D eigenvalue weighted by Crippen LogP contribution is -2.39. The topological polar surface area (TPSA) is 29.1 Å². The maximum Gasteiger partial charge on any atom is 0.223 e. The van der Waals surface area contributed by atoms with Gasteiger partial charge in [0.1, 0.15) is 0 Å². The Morgan fingerprint density at radius 1 is 1.17 bits per heavy atom. The summed E-state index contributed by atoms with van der Waals surface area (Å²) < 4.78 is 0. The van der Waals surface area contributed by atoms with E-state index < -0.39 is 0 Å². The van der Waals surface area contributed by atoms with Crippen molar-refractivity contribution in [3.63, 3.8) is 0 Å². The highest BCUT2D eigenvalue weighted by molar-refractivity contribution is 5.79. The van der Waals surface area contributed by atoms with Crippen molar-refractivity contribution in [2.75, 3.05) is 0 Å². The predicted molar refractivity (Wildman–Crippen MR) is 71.7 cm³/mol. The van der Waals surface area contributed by atoms with E-state index in [9.17, 15) is 4.79 Å². The Morgan fingerprint density at radius 3 is 2.61 bits per heavy atom. The molecule has 0 radical (unpaired) electrons.